The quantitative estimate of drug-likeness (QED) is 0.343. The maximum atomic E-state index is 12.9. The third-order valence-electron chi connectivity index (χ3n) is 6.22. The maximum Gasteiger partial charge on any atom is 0.416 e. The number of carbonyl (C=O) groups is 1. The second kappa shape index (κ2) is 8.96. The van der Waals surface area contributed by atoms with Gasteiger partial charge in [-0.05, 0) is 60.1 Å². The summed E-state index contributed by atoms with van der Waals surface area (Å²) in [4.78, 5) is 34.7. The van der Waals surface area contributed by atoms with E-state index in [0.717, 1.165) is 37.0 Å². The molecule has 4 aromatic rings. The van der Waals surface area contributed by atoms with Crippen LogP contribution < -0.4 is 5.56 Å². The summed E-state index contributed by atoms with van der Waals surface area (Å²) in [5, 5.41) is 0.625. The molecule has 5 rings (SSSR count). The number of rotatable bonds is 4. The Balaban J connectivity index is 1.37. The number of hydrogen-bond donors (Lipinski definition) is 1. The normalized spacial score (nSPS) is 15.7. The Hall–Kier alpha value is -3.46. The number of aromatic nitrogens is 2. The molecule has 1 aliphatic carbocycles. The van der Waals surface area contributed by atoms with Crippen LogP contribution in [-0.4, -0.2) is 15.9 Å². The lowest BCUT2D eigenvalue weighted by Gasteiger charge is -2.17. The zero-order valence-electron chi connectivity index (χ0n) is 18.7. The average molecular weight is 499 g/mol. The molecule has 0 saturated carbocycles. The summed E-state index contributed by atoms with van der Waals surface area (Å²) in [6.07, 6.45) is -1.62. The first-order valence-electron chi connectivity index (χ1n) is 11.2. The second-order valence-corrected chi connectivity index (χ2v) is 9.82. The lowest BCUT2D eigenvalue weighted by atomic mass is 9.89. The van der Waals surface area contributed by atoms with Crippen molar-refractivity contribution in [2.24, 2.45) is 5.92 Å². The first-order chi connectivity index (χ1) is 16.7. The van der Waals surface area contributed by atoms with Crippen LogP contribution in [0.25, 0.3) is 21.3 Å². The Morgan fingerprint density at radius 3 is 2.66 bits per heavy atom. The van der Waals surface area contributed by atoms with E-state index in [4.69, 9.17) is 4.74 Å². The standard InChI is InChI=1S/C26H21F3N2O3S/c1-14-6-11-19-20(12-14)35-24-22(19)23(32)30-21(31-24)13-34-25(33)18-5-3-2-4-17(18)15-7-9-16(10-8-15)26(27,28)29/h2-5,7-10,14H,6,11-13H2,1H3,(H,30,31,32). The number of aryl methyl sites for hydroxylation is 1. The lowest BCUT2D eigenvalue weighted by molar-refractivity contribution is -0.137. The van der Waals surface area contributed by atoms with E-state index in [2.05, 4.69) is 16.9 Å². The van der Waals surface area contributed by atoms with Crippen molar-refractivity contribution in [3.8, 4) is 11.1 Å². The Kier molecular flexibility index (Phi) is 5.96. The fourth-order valence-electron chi connectivity index (χ4n) is 4.42. The van der Waals surface area contributed by atoms with Crippen LogP contribution in [-0.2, 0) is 30.4 Å². The predicted octanol–water partition coefficient (Wildman–Crippen LogP) is 6.15. The number of alkyl halides is 3. The van der Waals surface area contributed by atoms with E-state index in [1.54, 1.807) is 24.3 Å². The Morgan fingerprint density at radius 1 is 1.17 bits per heavy atom. The van der Waals surface area contributed by atoms with Crippen molar-refractivity contribution in [2.45, 2.75) is 39.0 Å². The van der Waals surface area contributed by atoms with Crippen molar-refractivity contribution in [3.05, 3.63) is 86.3 Å². The molecule has 0 fully saturated rings. The summed E-state index contributed by atoms with van der Waals surface area (Å²) in [7, 11) is 0. The van der Waals surface area contributed by atoms with Gasteiger partial charge in [0, 0.05) is 4.88 Å². The largest absolute Gasteiger partial charge is 0.454 e. The average Bonchev–Trinajstić information content (AvgIpc) is 3.20. The van der Waals surface area contributed by atoms with Gasteiger partial charge in [-0.2, -0.15) is 13.2 Å². The minimum atomic E-state index is -4.44. The lowest BCUT2D eigenvalue weighted by Crippen LogP contribution is -2.16. The van der Waals surface area contributed by atoms with E-state index in [0.29, 0.717) is 27.3 Å². The van der Waals surface area contributed by atoms with Gasteiger partial charge in [-0.1, -0.05) is 37.3 Å². The van der Waals surface area contributed by atoms with Gasteiger partial charge in [0.25, 0.3) is 5.56 Å². The van der Waals surface area contributed by atoms with Gasteiger partial charge in [0.1, 0.15) is 17.3 Å². The molecule has 2 heterocycles. The first-order valence-corrected chi connectivity index (χ1v) is 12.0. The molecule has 35 heavy (non-hydrogen) atoms. The summed E-state index contributed by atoms with van der Waals surface area (Å²) in [6.45, 7) is 1.96. The van der Waals surface area contributed by atoms with Crippen LogP contribution in [0.3, 0.4) is 0 Å². The zero-order chi connectivity index (χ0) is 24.7. The van der Waals surface area contributed by atoms with E-state index in [9.17, 15) is 22.8 Å². The molecule has 0 aliphatic heterocycles. The summed E-state index contributed by atoms with van der Waals surface area (Å²) >= 11 is 1.51. The monoisotopic (exact) mass is 498 g/mol. The number of hydrogen-bond acceptors (Lipinski definition) is 5. The fourth-order valence-corrected chi connectivity index (χ4v) is 5.83. The molecule has 2 aromatic carbocycles. The highest BCUT2D eigenvalue weighted by Gasteiger charge is 2.30. The molecule has 1 aliphatic rings. The number of nitrogens with one attached hydrogen (secondary N) is 1. The van der Waals surface area contributed by atoms with Crippen molar-refractivity contribution >= 4 is 27.5 Å². The summed E-state index contributed by atoms with van der Waals surface area (Å²) in [6, 6.07) is 11.1. The molecule has 9 heteroatoms. The highest BCUT2D eigenvalue weighted by atomic mass is 32.1. The third kappa shape index (κ3) is 4.60. The van der Waals surface area contributed by atoms with E-state index in [-0.39, 0.29) is 23.6 Å². The number of ether oxygens (including phenoxy) is 1. The van der Waals surface area contributed by atoms with Gasteiger partial charge >= 0.3 is 12.1 Å². The smallest absolute Gasteiger partial charge is 0.416 e. The summed E-state index contributed by atoms with van der Waals surface area (Å²) in [5.74, 6) is 0.150. The van der Waals surface area contributed by atoms with Gasteiger partial charge in [-0.25, -0.2) is 9.78 Å². The number of fused-ring (bicyclic) bond motifs is 3. The zero-order valence-corrected chi connectivity index (χ0v) is 19.6. The molecule has 2 aromatic heterocycles. The van der Waals surface area contributed by atoms with Crippen LogP contribution in [0.5, 0.6) is 0 Å². The van der Waals surface area contributed by atoms with Crippen LogP contribution in [0.2, 0.25) is 0 Å². The van der Waals surface area contributed by atoms with Crippen molar-refractivity contribution in [2.75, 3.05) is 0 Å². The van der Waals surface area contributed by atoms with Gasteiger partial charge in [0.15, 0.2) is 0 Å². The maximum absolute atomic E-state index is 12.9. The molecule has 1 N–H and O–H groups in total. The Morgan fingerprint density at radius 2 is 1.91 bits per heavy atom. The topological polar surface area (TPSA) is 72.0 Å². The molecule has 0 radical (unpaired) electrons. The van der Waals surface area contributed by atoms with Crippen molar-refractivity contribution in [3.63, 3.8) is 0 Å². The molecule has 0 amide bonds. The first kappa shape index (κ1) is 23.3. The number of esters is 1. The fraction of sp³-hybridized carbons (Fsp3) is 0.269. The van der Waals surface area contributed by atoms with Crippen LogP contribution in [0, 0.1) is 5.92 Å². The van der Waals surface area contributed by atoms with Crippen LogP contribution in [0.1, 0.15) is 45.5 Å². The van der Waals surface area contributed by atoms with E-state index < -0.39 is 17.7 Å². The molecule has 0 saturated heterocycles. The van der Waals surface area contributed by atoms with Crippen LogP contribution >= 0.6 is 11.3 Å². The van der Waals surface area contributed by atoms with E-state index in [1.165, 1.54) is 28.3 Å². The van der Waals surface area contributed by atoms with Gasteiger partial charge in [0.2, 0.25) is 0 Å². The number of halogens is 3. The molecular formula is C26H21F3N2O3S. The van der Waals surface area contributed by atoms with Gasteiger partial charge in [0.05, 0.1) is 16.5 Å². The predicted molar refractivity (Wildman–Crippen MR) is 127 cm³/mol. The molecule has 0 bridgehead atoms. The number of H-pyrrole nitrogens is 1. The van der Waals surface area contributed by atoms with Crippen molar-refractivity contribution < 1.29 is 22.7 Å². The van der Waals surface area contributed by atoms with E-state index in [1.807, 2.05) is 0 Å². The second-order valence-electron chi connectivity index (χ2n) is 8.74. The highest BCUT2D eigenvalue weighted by Crippen LogP contribution is 2.36. The summed E-state index contributed by atoms with van der Waals surface area (Å²) in [5.41, 5.74) is 1.18. The highest BCUT2D eigenvalue weighted by molar-refractivity contribution is 7.18. The number of benzene rings is 2. The minimum Gasteiger partial charge on any atom is -0.454 e. The SMILES string of the molecule is CC1CCc2c(sc3nc(COC(=O)c4ccccc4-c4ccc(C(F)(F)F)cc4)[nH]c(=O)c23)C1. The van der Waals surface area contributed by atoms with Crippen LogP contribution in [0.15, 0.2) is 53.3 Å². The third-order valence-corrected chi connectivity index (χ3v) is 7.37. The van der Waals surface area contributed by atoms with Gasteiger partial charge in [-0.3, -0.25) is 4.79 Å². The molecule has 0 spiro atoms. The number of thiophene rings is 1. The number of nitrogens with zero attached hydrogens (tertiary/aromatic N) is 1. The Labute approximate surface area is 202 Å². The Bertz CT molecular complexity index is 1470. The van der Waals surface area contributed by atoms with Gasteiger partial charge in [-0.15, -0.1) is 11.3 Å². The number of aromatic amines is 1. The van der Waals surface area contributed by atoms with E-state index >= 15 is 0 Å². The molecular weight excluding hydrogens is 477 g/mol. The molecule has 5 nitrogen and oxygen atoms in total. The van der Waals surface area contributed by atoms with Crippen LogP contribution in [0.4, 0.5) is 13.2 Å². The van der Waals surface area contributed by atoms with Gasteiger partial charge < -0.3 is 9.72 Å². The van der Waals surface area contributed by atoms with Crippen molar-refractivity contribution in [1.82, 2.24) is 9.97 Å². The van der Waals surface area contributed by atoms with Crippen molar-refractivity contribution in [1.29, 1.82) is 0 Å². The minimum absolute atomic E-state index is 0.205. The molecule has 1 atom stereocenters. The number of carbonyl (C=O) groups excluding carboxylic acids is 1. The molecule has 180 valence electrons. The molecule has 1 unspecified atom stereocenters. The summed E-state index contributed by atoms with van der Waals surface area (Å²) < 4.78 is 44.1.